The minimum Gasteiger partial charge on any atom is -0.271 e. The zero-order valence-corrected chi connectivity index (χ0v) is 12.7. The Bertz CT molecular complexity index is 552. The molecule has 0 aliphatic rings. The first-order valence-electron chi connectivity index (χ1n) is 6.24. The number of hydrogen-bond acceptors (Lipinski definition) is 3. The molecule has 1 aromatic carbocycles. The van der Waals surface area contributed by atoms with Gasteiger partial charge < -0.3 is 0 Å². The molecular weight excluding hydrogens is 302 g/mol. The van der Waals surface area contributed by atoms with E-state index in [4.69, 9.17) is 5.84 Å². The number of halogens is 1. The van der Waals surface area contributed by atoms with Crippen molar-refractivity contribution in [2.45, 2.75) is 26.3 Å². The number of pyridine rings is 1. The maximum absolute atomic E-state index is 5.69. The summed E-state index contributed by atoms with van der Waals surface area (Å²) in [7, 11) is 0. The van der Waals surface area contributed by atoms with Crippen LogP contribution in [-0.4, -0.2) is 4.98 Å². The highest BCUT2D eigenvalue weighted by Gasteiger charge is 2.14. The molecular formula is C15H18BrN3. The summed E-state index contributed by atoms with van der Waals surface area (Å²) in [6, 6.07) is 10.4. The number of nitrogens with zero attached hydrogens (tertiary/aromatic N) is 1. The molecule has 3 N–H and O–H groups in total. The molecule has 1 aromatic heterocycles. The van der Waals surface area contributed by atoms with Crippen LogP contribution in [0.2, 0.25) is 0 Å². The van der Waals surface area contributed by atoms with Gasteiger partial charge in [0.1, 0.15) is 0 Å². The summed E-state index contributed by atoms with van der Waals surface area (Å²) in [5.41, 5.74) is 7.44. The van der Waals surface area contributed by atoms with Gasteiger partial charge in [0.25, 0.3) is 0 Å². The van der Waals surface area contributed by atoms with Crippen molar-refractivity contribution in [3.63, 3.8) is 0 Å². The normalized spacial score (nSPS) is 12.4. The molecule has 0 saturated carbocycles. The van der Waals surface area contributed by atoms with E-state index in [9.17, 15) is 0 Å². The van der Waals surface area contributed by atoms with Crippen LogP contribution in [0, 0.1) is 13.8 Å². The fourth-order valence-electron chi connectivity index (χ4n) is 2.18. The second-order valence-electron chi connectivity index (χ2n) is 4.76. The highest BCUT2D eigenvalue weighted by molar-refractivity contribution is 9.10. The minimum absolute atomic E-state index is 0.0294. The van der Waals surface area contributed by atoms with E-state index in [0.717, 1.165) is 16.6 Å². The van der Waals surface area contributed by atoms with Gasteiger partial charge in [0.05, 0.1) is 11.7 Å². The van der Waals surface area contributed by atoms with E-state index < -0.39 is 0 Å². The second-order valence-corrected chi connectivity index (χ2v) is 5.68. The van der Waals surface area contributed by atoms with Gasteiger partial charge in [0, 0.05) is 10.7 Å². The van der Waals surface area contributed by atoms with Crippen molar-refractivity contribution in [2.75, 3.05) is 0 Å². The average Bonchev–Trinajstić information content (AvgIpc) is 2.39. The summed E-state index contributed by atoms with van der Waals surface area (Å²) >= 11 is 3.44. The Kier molecular flexibility index (Phi) is 4.69. The van der Waals surface area contributed by atoms with Crippen LogP contribution in [0.25, 0.3) is 0 Å². The molecule has 1 heterocycles. The first-order chi connectivity index (χ1) is 9.10. The Balaban J connectivity index is 2.22. The van der Waals surface area contributed by atoms with Crippen LogP contribution in [0.5, 0.6) is 0 Å². The fraction of sp³-hybridized carbons (Fsp3) is 0.267. The van der Waals surface area contributed by atoms with Gasteiger partial charge in [-0.15, -0.1) is 0 Å². The third-order valence-electron chi connectivity index (χ3n) is 3.14. The fourth-order valence-corrected chi connectivity index (χ4v) is 2.45. The van der Waals surface area contributed by atoms with Crippen LogP contribution < -0.4 is 11.3 Å². The minimum atomic E-state index is 0.0294. The van der Waals surface area contributed by atoms with E-state index >= 15 is 0 Å². The Morgan fingerprint density at radius 1 is 1.26 bits per heavy atom. The van der Waals surface area contributed by atoms with Gasteiger partial charge in [-0.3, -0.25) is 16.3 Å². The van der Waals surface area contributed by atoms with Gasteiger partial charge in [-0.1, -0.05) is 34.1 Å². The molecule has 0 spiro atoms. The molecule has 1 unspecified atom stereocenters. The standard InChI is InChI=1S/C15H18BrN3/c1-10-7-11(2)15(18-9-10)14(19-17)8-12-3-5-13(16)6-4-12/h3-7,9,14,19H,8,17H2,1-2H3. The number of hydrazine groups is 1. The Hall–Kier alpha value is -1.23. The topological polar surface area (TPSA) is 50.9 Å². The van der Waals surface area contributed by atoms with E-state index in [1.165, 1.54) is 16.7 Å². The summed E-state index contributed by atoms with van der Waals surface area (Å²) < 4.78 is 1.08. The number of benzene rings is 1. The SMILES string of the molecule is Cc1cnc(C(Cc2ccc(Br)cc2)NN)c(C)c1. The van der Waals surface area contributed by atoms with Crippen LogP contribution in [-0.2, 0) is 6.42 Å². The van der Waals surface area contributed by atoms with E-state index in [0.29, 0.717) is 0 Å². The summed E-state index contributed by atoms with van der Waals surface area (Å²) in [5, 5.41) is 0. The number of aryl methyl sites for hydroxylation is 2. The van der Waals surface area contributed by atoms with Crippen LogP contribution in [0.4, 0.5) is 0 Å². The third-order valence-corrected chi connectivity index (χ3v) is 3.67. The highest BCUT2D eigenvalue weighted by atomic mass is 79.9. The monoisotopic (exact) mass is 319 g/mol. The Morgan fingerprint density at radius 3 is 2.53 bits per heavy atom. The zero-order valence-electron chi connectivity index (χ0n) is 11.2. The first kappa shape index (κ1) is 14.2. The molecule has 0 bridgehead atoms. The smallest absolute Gasteiger partial charge is 0.0675 e. The lowest BCUT2D eigenvalue weighted by atomic mass is 10.00. The lowest BCUT2D eigenvalue weighted by Gasteiger charge is -2.18. The van der Waals surface area contributed by atoms with E-state index in [-0.39, 0.29) is 6.04 Å². The van der Waals surface area contributed by atoms with Gasteiger partial charge in [-0.2, -0.15) is 0 Å². The number of rotatable bonds is 4. The molecule has 1 atom stereocenters. The second kappa shape index (κ2) is 6.28. The Morgan fingerprint density at radius 2 is 1.95 bits per heavy atom. The molecule has 3 nitrogen and oxygen atoms in total. The number of hydrogen-bond donors (Lipinski definition) is 2. The predicted octanol–water partition coefficient (Wildman–Crippen LogP) is 3.21. The highest BCUT2D eigenvalue weighted by Crippen LogP contribution is 2.21. The molecule has 0 amide bonds. The van der Waals surface area contributed by atoms with Crippen LogP contribution in [0.15, 0.2) is 41.0 Å². The molecule has 19 heavy (non-hydrogen) atoms. The van der Waals surface area contributed by atoms with Crippen molar-refractivity contribution in [3.8, 4) is 0 Å². The summed E-state index contributed by atoms with van der Waals surface area (Å²) in [6.45, 7) is 4.12. The molecule has 0 radical (unpaired) electrons. The number of nitrogens with two attached hydrogens (primary N) is 1. The van der Waals surface area contributed by atoms with Gasteiger partial charge in [0.2, 0.25) is 0 Å². The zero-order chi connectivity index (χ0) is 13.8. The first-order valence-corrected chi connectivity index (χ1v) is 7.03. The van der Waals surface area contributed by atoms with Crippen LogP contribution >= 0.6 is 15.9 Å². The predicted molar refractivity (Wildman–Crippen MR) is 81.6 cm³/mol. The lowest BCUT2D eigenvalue weighted by Crippen LogP contribution is -2.30. The van der Waals surface area contributed by atoms with Crippen LogP contribution in [0.3, 0.4) is 0 Å². The van der Waals surface area contributed by atoms with E-state index in [2.05, 4.69) is 51.5 Å². The molecule has 2 rings (SSSR count). The largest absolute Gasteiger partial charge is 0.271 e. The van der Waals surface area contributed by atoms with Crippen molar-refractivity contribution in [3.05, 3.63) is 63.4 Å². The molecule has 0 aliphatic carbocycles. The maximum atomic E-state index is 5.69. The summed E-state index contributed by atoms with van der Waals surface area (Å²) in [4.78, 5) is 4.51. The molecule has 0 aliphatic heterocycles. The van der Waals surface area contributed by atoms with Crippen molar-refractivity contribution >= 4 is 15.9 Å². The molecule has 2 aromatic rings. The average molecular weight is 320 g/mol. The number of nitrogens with one attached hydrogen (secondary N) is 1. The molecule has 100 valence electrons. The quantitative estimate of drug-likeness (QED) is 0.672. The van der Waals surface area contributed by atoms with E-state index in [1.54, 1.807) is 0 Å². The number of aromatic nitrogens is 1. The summed E-state index contributed by atoms with van der Waals surface area (Å²) in [6.07, 6.45) is 2.70. The molecule has 4 heteroatoms. The van der Waals surface area contributed by atoms with Crippen molar-refractivity contribution in [2.24, 2.45) is 5.84 Å². The lowest BCUT2D eigenvalue weighted by molar-refractivity contribution is 0.535. The van der Waals surface area contributed by atoms with Gasteiger partial charge in [0.15, 0.2) is 0 Å². The third kappa shape index (κ3) is 3.62. The maximum Gasteiger partial charge on any atom is 0.0675 e. The summed E-state index contributed by atoms with van der Waals surface area (Å²) in [5.74, 6) is 5.69. The van der Waals surface area contributed by atoms with Gasteiger partial charge in [-0.25, -0.2) is 0 Å². The van der Waals surface area contributed by atoms with Gasteiger partial charge in [-0.05, 0) is 49.1 Å². The molecule has 0 saturated heterocycles. The van der Waals surface area contributed by atoms with E-state index in [1.807, 2.05) is 25.3 Å². The van der Waals surface area contributed by atoms with Gasteiger partial charge >= 0.3 is 0 Å². The van der Waals surface area contributed by atoms with Crippen LogP contribution in [0.1, 0.15) is 28.4 Å². The molecule has 0 fully saturated rings. The van der Waals surface area contributed by atoms with Crippen molar-refractivity contribution in [1.29, 1.82) is 0 Å². The van der Waals surface area contributed by atoms with Crippen molar-refractivity contribution in [1.82, 2.24) is 10.4 Å². The van der Waals surface area contributed by atoms with Crippen molar-refractivity contribution < 1.29 is 0 Å². The Labute approximate surface area is 122 Å².